The van der Waals surface area contributed by atoms with E-state index in [0.717, 1.165) is 5.56 Å². The number of benzene rings is 2. The number of carbonyl (C=O) groups is 1. The van der Waals surface area contributed by atoms with Crippen LogP contribution in [0.15, 0.2) is 63.5 Å². The molecular weight excluding hydrogens is 483 g/mol. The van der Waals surface area contributed by atoms with E-state index in [9.17, 15) is 9.59 Å². The lowest BCUT2D eigenvalue weighted by molar-refractivity contribution is -0.139. The molecule has 1 atom stereocenters. The van der Waals surface area contributed by atoms with Crippen LogP contribution in [-0.2, 0) is 9.53 Å². The first-order valence-electron chi connectivity index (χ1n) is 10.1. The maximum atomic E-state index is 13.5. The number of esters is 1. The second kappa shape index (κ2) is 9.55. The second-order valence-corrected chi connectivity index (χ2v) is 9.09. The minimum atomic E-state index is -0.686. The Morgan fingerprint density at radius 1 is 1.21 bits per heavy atom. The molecule has 4 rings (SSSR count). The number of methoxy groups -OCH3 is 1. The van der Waals surface area contributed by atoms with Crippen molar-refractivity contribution in [1.29, 1.82) is 0 Å². The molecule has 0 spiro atoms. The highest BCUT2D eigenvalue weighted by molar-refractivity contribution is 7.07. The van der Waals surface area contributed by atoms with Crippen molar-refractivity contribution < 1.29 is 14.3 Å². The fourth-order valence-electron chi connectivity index (χ4n) is 3.65. The average molecular weight is 503 g/mol. The van der Waals surface area contributed by atoms with E-state index in [0.29, 0.717) is 42.0 Å². The zero-order valence-electron chi connectivity index (χ0n) is 18.1. The normalized spacial score (nSPS) is 15.8. The number of fused-ring (bicyclic) bond motifs is 1. The Morgan fingerprint density at radius 3 is 2.58 bits per heavy atom. The largest absolute Gasteiger partial charge is 0.497 e. The first kappa shape index (κ1) is 23.3. The van der Waals surface area contributed by atoms with Crippen molar-refractivity contribution >= 4 is 46.6 Å². The Hall–Kier alpha value is -2.87. The smallest absolute Gasteiger partial charge is 0.338 e. The van der Waals surface area contributed by atoms with Crippen LogP contribution < -0.4 is 19.6 Å². The number of aromatic nitrogens is 1. The molecule has 1 aliphatic heterocycles. The summed E-state index contributed by atoms with van der Waals surface area (Å²) >= 11 is 13.5. The molecule has 0 saturated heterocycles. The highest BCUT2D eigenvalue weighted by Crippen LogP contribution is 2.31. The predicted octanol–water partition coefficient (Wildman–Crippen LogP) is 4.11. The van der Waals surface area contributed by atoms with E-state index in [1.165, 1.54) is 15.9 Å². The van der Waals surface area contributed by atoms with E-state index in [1.807, 2.05) is 12.1 Å². The van der Waals surface area contributed by atoms with Crippen molar-refractivity contribution in [3.05, 3.63) is 94.6 Å². The summed E-state index contributed by atoms with van der Waals surface area (Å²) in [6.07, 6.45) is 1.71. The van der Waals surface area contributed by atoms with Crippen molar-refractivity contribution in [2.24, 2.45) is 4.99 Å². The highest BCUT2D eigenvalue weighted by atomic mass is 35.5. The van der Waals surface area contributed by atoms with E-state index in [4.69, 9.17) is 32.7 Å². The van der Waals surface area contributed by atoms with Crippen LogP contribution in [0.1, 0.15) is 31.0 Å². The van der Waals surface area contributed by atoms with Gasteiger partial charge in [0.1, 0.15) is 5.75 Å². The zero-order chi connectivity index (χ0) is 23.7. The second-order valence-electron chi connectivity index (χ2n) is 7.24. The predicted molar refractivity (Wildman–Crippen MR) is 130 cm³/mol. The number of allylic oxidation sites excluding steroid dienone is 1. The maximum absolute atomic E-state index is 13.5. The minimum Gasteiger partial charge on any atom is -0.497 e. The molecule has 3 aromatic rings. The van der Waals surface area contributed by atoms with Gasteiger partial charge in [0.05, 0.1) is 35.6 Å². The molecule has 0 radical (unpaired) electrons. The van der Waals surface area contributed by atoms with Crippen LogP contribution in [0.5, 0.6) is 5.75 Å². The number of nitrogens with zero attached hydrogens (tertiary/aromatic N) is 2. The van der Waals surface area contributed by atoms with Crippen molar-refractivity contribution in [1.82, 2.24) is 4.57 Å². The topological polar surface area (TPSA) is 69.9 Å². The lowest BCUT2D eigenvalue weighted by atomic mass is 9.96. The van der Waals surface area contributed by atoms with E-state index in [2.05, 4.69) is 4.99 Å². The summed E-state index contributed by atoms with van der Waals surface area (Å²) in [4.78, 5) is 31.5. The van der Waals surface area contributed by atoms with Crippen LogP contribution in [0.2, 0.25) is 10.0 Å². The summed E-state index contributed by atoms with van der Waals surface area (Å²) in [5.74, 6) is 0.163. The van der Waals surface area contributed by atoms with Gasteiger partial charge in [0.25, 0.3) is 5.56 Å². The Kier molecular flexibility index (Phi) is 6.74. The number of rotatable bonds is 5. The molecule has 9 heteroatoms. The summed E-state index contributed by atoms with van der Waals surface area (Å²) < 4.78 is 12.5. The van der Waals surface area contributed by atoms with Gasteiger partial charge in [0.15, 0.2) is 4.80 Å². The Bertz CT molecular complexity index is 1440. The van der Waals surface area contributed by atoms with Gasteiger partial charge in [-0.25, -0.2) is 9.79 Å². The number of hydrogen-bond donors (Lipinski definition) is 0. The third-order valence-electron chi connectivity index (χ3n) is 5.20. The number of hydrogen-bond acceptors (Lipinski definition) is 6. The molecule has 1 aliphatic rings. The minimum absolute atomic E-state index is 0.213. The van der Waals surface area contributed by atoms with E-state index < -0.39 is 12.0 Å². The number of carbonyl (C=O) groups excluding carboxylic acids is 1. The molecule has 0 N–H and O–H groups in total. The zero-order valence-corrected chi connectivity index (χ0v) is 20.4. The number of thiazole rings is 1. The first-order chi connectivity index (χ1) is 15.8. The summed E-state index contributed by atoms with van der Waals surface area (Å²) in [5, 5.41) is 0.941. The van der Waals surface area contributed by atoms with Gasteiger partial charge in [0, 0.05) is 10.0 Å². The fraction of sp³-hybridized carbons (Fsp3) is 0.208. The number of ether oxygens (including phenoxy) is 2. The molecule has 0 bridgehead atoms. The van der Waals surface area contributed by atoms with Crippen LogP contribution in [0.3, 0.4) is 0 Å². The average Bonchev–Trinajstić information content (AvgIpc) is 3.09. The molecule has 2 heterocycles. The Morgan fingerprint density at radius 2 is 1.94 bits per heavy atom. The third-order valence-corrected chi connectivity index (χ3v) is 6.74. The van der Waals surface area contributed by atoms with Gasteiger partial charge in [-0.05, 0) is 55.3 Å². The van der Waals surface area contributed by atoms with Crippen LogP contribution in [0.4, 0.5) is 0 Å². The van der Waals surface area contributed by atoms with Gasteiger partial charge >= 0.3 is 5.97 Å². The maximum Gasteiger partial charge on any atom is 0.338 e. The van der Waals surface area contributed by atoms with Gasteiger partial charge in [-0.2, -0.15) is 0 Å². The molecule has 0 fully saturated rings. The number of halogens is 2. The molecule has 0 aliphatic carbocycles. The van der Waals surface area contributed by atoms with Crippen molar-refractivity contribution in [3.8, 4) is 5.75 Å². The molecule has 1 aromatic heterocycles. The van der Waals surface area contributed by atoms with Crippen LogP contribution >= 0.6 is 34.5 Å². The molecule has 2 aromatic carbocycles. The SMILES string of the molecule is CCOC(=O)C1=C(C)N=c2s/c(=C\c3ccc(Cl)cc3Cl)c(=O)n2[C@H]1c1ccc(OC)cc1. The van der Waals surface area contributed by atoms with E-state index >= 15 is 0 Å². The van der Waals surface area contributed by atoms with Crippen LogP contribution in [0, 0.1) is 0 Å². The summed E-state index contributed by atoms with van der Waals surface area (Å²) in [7, 11) is 1.58. The van der Waals surface area contributed by atoms with Gasteiger partial charge in [-0.3, -0.25) is 9.36 Å². The van der Waals surface area contributed by atoms with Crippen LogP contribution in [0.25, 0.3) is 6.08 Å². The molecular formula is C24H20Cl2N2O4S. The first-order valence-corrected chi connectivity index (χ1v) is 11.7. The molecule has 6 nitrogen and oxygen atoms in total. The van der Waals surface area contributed by atoms with Gasteiger partial charge in [-0.1, -0.05) is 52.7 Å². The standard InChI is InChI=1S/C24H20Cl2N2O4S/c1-4-32-23(30)20-13(2)27-24-28(21(20)14-6-9-17(31-3)10-7-14)22(29)19(33-24)11-15-5-8-16(25)12-18(15)26/h5-12,21H,4H2,1-3H3/b19-11-/t21-/m0/s1. The quantitative estimate of drug-likeness (QED) is 0.492. The van der Waals surface area contributed by atoms with E-state index in [1.54, 1.807) is 57.4 Å². The van der Waals surface area contributed by atoms with Crippen molar-refractivity contribution in [3.63, 3.8) is 0 Å². The highest BCUT2D eigenvalue weighted by Gasteiger charge is 2.33. The van der Waals surface area contributed by atoms with Gasteiger partial charge in [-0.15, -0.1) is 0 Å². The Labute approximate surface area is 204 Å². The molecule has 0 unspecified atom stereocenters. The lowest BCUT2D eigenvalue weighted by Gasteiger charge is -2.24. The third kappa shape index (κ3) is 4.49. The van der Waals surface area contributed by atoms with Crippen LogP contribution in [-0.4, -0.2) is 24.3 Å². The molecule has 0 amide bonds. The molecule has 170 valence electrons. The van der Waals surface area contributed by atoms with Gasteiger partial charge in [0.2, 0.25) is 0 Å². The van der Waals surface area contributed by atoms with E-state index in [-0.39, 0.29) is 12.2 Å². The Balaban J connectivity index is 1.95. The summed E-state index contributed by atoms with van der Waals surface area (Å²) in [5.41, 5.74) is 1.95. The van der Waals surface area contributed by atoms with Crippen molar-refractivity contribution in [2.75, 3.05) is 13.7 Å². The van der Waals surface area contributed by atoms with Crippen molar-refractivity contribution in [2.45, 2.75) is 19.9 Å². The molecule has 0 saturated carbocycles. The fourth-order valence-corrected chi connectivity index (χ4v) is 5.15. The monoisotopic (exact) mass is 502 g/mol. The van der Waals surface area contributed by atoms with Gasteiger partial charge < -0.3 is 9.47 Å². The summed E-state index contributed by atoms with van der Waals surface area (Å²) in [6.45, 7) is 3.70. The molecule has 33 heavy (non-hydrogen) atoms. The summed E-state index contributed by atoms with van der Waals surface area (Å²) in [6, 6.07) is 11.6. The lowest BCUT2D eigenvalue weighted by Crippen LogP contribution is -2.39.